The summed E-state index contributed by atoms with van der Waals surface area (Å²) in [7, 11) is 1.72. The highest BCUT2D eigenvalue weighted by Gasteiger charge is 2.17. The van der Waals surface area contributed by atoms with Gasteiger partial charge in [0.1, 0.15) is 0 Å². The summed E-state index contributed by atoms with van der Waals surface area (Å²) in [5.74, 6) is 2.27. The molecule has 5 heteroatoms. The van der Waals surface area contributed by atoms with Crippen LogP contribution in [0.4, 0.5) is 5.95 Å². The van der Waals surface area contributed by atoms with E-state index in [1.54, 1.807) is 7.11 Å². The summed E-state index contributed by atoms with van der Waals surface area (Å²) >= 11 is 2.08. The molecule has 1 fully saturated rings. The Bertz CT molecular complexity index is 336. The number of hydrogen-bond donors (Lipinski definition) is 1. The average molecular weight is 255 g/mol. The van der Waals surface area contributed by atoms with Gasteiger partial charge in [-0.15, -0.1) is 0 Å². The maximum Gasteiger partial charge on any atom is 0.203 e. The Morgan fingerprint density at radius 3 is 3.29 bits per heavy atom. The molecule has 2 heterocycles. The van der Waals surface area contributed by atoms with Gasteiger partial charge < -0.3 is 14.6 Å². The topological polar surface area (TPSA) is 39.1 Å². The number of rotatable bonds is 6. The molecule has 0 aromatic carbocycles. The van der Waals surface area contributed by atoms with Gasteiger partial charge in [-0.1, -0.05) is 0 Å². The standard InChI is InChI=1S/C12H21N3OS/c1-10(9-16-2)14-12-13-5-6-15(12)8-11-4-3-7-17-11/h5-6,10-11H,3-4,7-9H2,1-2H3,(H,13,14). The molecular formula is C12H21N3OS. The van der Waals surface area contributed by atoms with E-state index >= 15 is 0 Å². The second-order valence-corrected chi connectivity index (χ2v) is 5.95. The average Bonchev–Trinajstić information content (AvgIpc) is 2.92. The molecule has 0 saturated carbocycles. The fraction of sp³-hybridized carbons (Fsp3) is 0.750. The van der Waals surface area contributed by atoms with Crippen LogP contribution in [0.3, 0.4) is 0 Å². The van der Waals surface area contributed by atoms with Gasteiger partial charge in [-0.3, -0.25) is 0 Å². The van der Waals surface area contributed by atoms with Gasteiger partial charge >= 0.3 is 0 Å². The smallest absolute Gasteiger partial charge is 0.203 e. The van der Waals surface area contributed by atoms with E-state index in [0.717, 1.165) is 17.7 Å². The second kappa shape index (κ2) is 6.31. The van der Waals surface area contributed by atoms with Crippen molar-refractivity contribution in [2.75, 3.05) is 24.8 Å². The molecule has 4 nitrogen and oxygen atoms in total. The first-order chi connectivity index (χ1) is 8.29. The van der Waals surface area contributed by atoms with E-state index in [2.05, 4.69) is 39.8 Å². The van der Waals surface area contributed by atoms with Crippen molar-refractivity contribution in [3.05, 3.63) is 12.4 Å². The molecule has 2 rings (SSSR count). The number of imidazole rings is 1. The Morgan fingerprint density at radius 2 is 2.59 bits per heavy atom. The van der Waals surface area contributed by atoms with Crippen molar-refractivity contribution >= 4 is 17.7 Å². The van der Waals surface area contributed by atoms with Crippen molar-refractivity contribution in [1.29, 1.82) is 0 Å². The largest absolute Gasteiger partial charge is 0.383 e. The number of methoxy groups -OCH3 is 1. The summed E-state index contributed by atoms with van der Waals surface area (Å²) in [6.45, 7) is 3.87. The third-order valence-corrected chi connectivity index (χ3v) is 4.31. The van der Waals surface area contributed by atoms with Crippen LogP contribution in [0.25, 0.3) is 0 Å². The summed E-state index contributed by atoms with van der Waals surface area (Å²) in [5, 5.41) is 4.14. The zero-order valence-corrected chi connectivity index (χ0v) is 11.4. The van der Waals surface area contributed by atoms with Crippen LogP contribution in [0.5, 0.6) is 0 Å². The van der Waals surface area contributed by atoms with Crippen LogP contribution < -0.4 is 5.32 Å². The van der Waals surface area contributed by atoms with Gasteiger partial charge in [-0.05, 0) is 25.5 Å². The molecule has 1 aliphatic heterocycles. The molecule has 2 atom stereocenters. The van der Waals surface area contributed by atoms with Crippen LogP contribution >= 0.6 is 11.8 Å². The zero-order valence-electron chi connectivity index (χ0n) is 10.6. The molecule has 2 unspecified atom stereocenters. The maximum absolute atomic E-state index is 5.12. The highest BCUT2D eigenvalue weighted by atomic mass is 32.2. The van der Waals surface area contributed by atoms with Crippen molar-refractivity contribution in [2.24, 2.45) is 0 Å². The first-order valence-corrected chi connectivity index (χ1v) is 7.22. The molecular weight excluding hydrogens is 234 g/mol. The number of aromatic nitrogens is 2. The molecule has 1 aliphatic rings. The predicted molar refractivity (Wildman–Crippen MR) is 72.7 cm³/mol. The predicted octanol–water partition coefficient (Wildman–Crippen LogP) is 2.23. The maximum atomic E-state index is 5.12. The van der Waals surface area contributed by atoms with Gasteiger partial charge in [0, 0.05) is 37.3 Å². The fourth-order valence-corrected chi connectivity index (χ4v) is 3.38. The van der Waals surface area contributed by atoms with E-state index in [9.17, 15) is 0 Å². The number of anilines is 1. The van der Waals surface area contributed by atoms with Crippen LogP contribution in [-0.2, 0) is 11.3 Å². The summed E-state index contributed by atoms with van der Waals surface area (Å²) in [4.78, 5) is 4.37. The van der Waals surface area contributed by atoms with Crippen molar-refractivity contribution in [2.45, 2.75) is 37.6 Å². The first-order valence-electron chi connectivity index (χ1n) is 6.18. The van der Waals surface area contributed by atoms with Crippen LogP contribution in [0.2, 0.25) is 0 Å². The molecule has 1 saturated heterocycles. The summed E-state index contributed by atoms with van der Waals surface area (Å²) < 4.78 is 7.34. The minimum absolute atomic E-state index is 0.289. The number of nitrogens with one attached hydrogen (secondary N) is 1. The van der Waals surface area contributed by atoms with Gasteiger partial charge in [0.2, 0.25) is 5.95 Å². The van der Waals surface area contributed by atoms with Crippen molar-refractivity contribution in [3.63, 3.8) is 0 Å². The van der Waals surface area contributed by atoms with E-state index in [1.807, 2.05) is 6.20 Å². The van der Waals surface area contributed by atoms with E-state index < -0.39 is 0 Å². The van der Waals surface area contributed by atoms with Gasteiger partial charge in [-0.2, -0.15) is 11.8 Å². The first kappa shape index (κ1) is 12.8. The highest BCUT2D eigenvalue weighted by molar-refractivity contribution is 8.00. The Labute approximate surface area is 107 Å². The van der Waals surface area contributed by atoms with Gasteiger partial charge in [0.15, 0.2) is 0 Å². The quantitative estimate of drug-likeness (QED) is 0.846. The minimum atomic E-state index is 0.289. The SMILES string of the molecule is COCC(C)Nc1nccn1CC1CCCS1. The summed E-state index contributed by atoms with van der Waals surface area (Å²) in [5.41, 5.74) is 0. The number of hydrogen-bond acceptors (Lipinski definition) is 4. The van der Waals surface area contributed by atoms with E-state index in [1.165, 1.54) is 18.6 Å². The van der Waals surface area contributed by atoms with Gasteiger partial charge in [-0.25, -0.2) is 4.98 Å². The Hall–Kier alpha value is -0.680. The highest BCUT2D eigenvalue weighted by Crippen LogP contribution is 2.28. The number of ether oxygens (including phenoxy) is 1. The van der Waals surface area contributed by atoms with Crippen LogP contribution in [0.1, 0.15) is 19.8 Å². The lowest BCUT2D eigenvalue weighted by atomic mass is 10.2. The molecule has 17 heavy (non-hydrogen) atoms. The van der Waals surface area contributed by atoms with Gasteiger partial charge in [0.25, 0.3) is 0 Å². The third-order valence-electron chi connectivity index (χ3n) is 2.93. The Balaban J connectivity index is 1.91. The van der Waals surface area contributed by atoms with Crippen LogP contribution in [0, 0.1) is 0 Å². The fourth-order valence-electron chi connectivity index (χ4n) is 2.12. The minimum Gasteiger partial charge on any atom is -0.383 e. The Morgan fingerprint density at radius 1 is 1.71 bits per heavy atom. The lowest BCUT2D eigenvalue weighted by Gasteiger charge is -2.17. The lowest BCUT2D eigenvalue weighted by molar-refractivity contribution is 0.190. The van der Waals surface area contributed by atoms with E-state index in [4.69, 9.17) is 4.74 Å². The summed E-state index contributed by atoms with van der Waals surface area (Å²) in [6.07, 6.45) is 6.60. The van der Waals surface area contributed by atoms with Gasteiger partial charge in [0.05, 0.1) is 6.61 Å². The molecule has 0 aliphatic carbocycles. The molecule has 0 radical (unpaired) electrons. The summed E-state index contributed by atoms with van der Waals surface area (Å²) in [6, 6.07) is 0.289. The molecule has 0 bridgehead atoms. The molecule has 96 valence electrons. The molecule has 1 aromatic rings. The van der Waals surface area contributed by atoms with Crippen LogP contribution in [0.15, 0.2) is 12.4 Å². The van der Waals surface area contributed by atoms with Crippen molar-refractivity contribution in [1.82, 2.24) is 9.55 Å². The normalized spacial score (nSPS) is 21.6. The zero-order chi connectivity index (χ0) is 12.1. The van der Waals surface area contributed by atoms with Crippen molar-refractivity contribution in [3.8, 4) is 0 Å². The number of nitrogens with zero attached hydrogens (tertiary/aromatic N) is 2. The molecule has 0 amide bonds. The number of thioether (sulfide) groups is 1. The van der Waals surface area contributed by atoms with Crippen molar-refractivity contribution < 1.29 is 4.74 Å². The lowest BCUT2D eigenvalue weighted by Crippen LogP contribution is -2.24. The van der Waals surface area contributed by atoms with E-state index in [0.29, 0.717) is 6.61 Å². The third kappa shape index (κ3) is 3.64. The van der Waals surface area contributed by atoms with E-state index in [-0.39, 0.29) is 6.04 Å². The second-order valence-electron chi connectivity index (χ2n) is 4.54. The molecule has 0 spiro atoms. The van der Waals surface area contributed by atoms with Crippen LogP contribution in [-0.4, -0.2) is 40.3 Å². The monoisotopic (exact) mass is 255 g/mol. The molecule has 1 N–H and O–H groups in total. The Kier molecular flexibility index (Phi) is 4.74. The molecule has 1 aromatic heterocycles.